The molecule has 43 heavy (non-hydrogen) atoms. The van der Waals surface area contributed by atoms with Gasteiger partial charge in [0.2, 0.25) is 0 Å². The Morgan fingerprint density at radius 3 is 2.67 bits per heavy atom. The van der Waals surface area contributed by atoms with Crippen molar-refractivity contribution in [3.63, 3.8) is 0 Å². The van der Waals surface area contributed by atoms with E-state index in [1.54, 1.807) is 17.3 Å². The Bertz CT molecular complexity index is 1640. The Balaban J connectivity index is 1.19. The molecule has 0 bridgehead atoms. The zero-order valence-electron chi connectivity index (χ0n) is 24.2. The van der Waals surface area contributed by atoms with Crippen molar-refractivity contribution in [3.8, 4) is 17.3 Å². The molecule has 1 aliphatic carbocycles. The SMILES string of the molecule is C=C(F)C(=O)N1CC[C@@H]2[C@H]1CN2c1nc(OCC23CCCN2CCC3)nc2c(F)c(-c3cncc4c3CCCC4)ncc12. The minimum atomic E-state index is -0.953. The predicted octanol–water partition coefficient (Wildman–Crippen LogP) is 4.38. The first-order chi connectivity index (χ1) is 20.9. The number of aromatic nitrogens is 4. The minimum Gasteiger partial charge on any atom is -0.461 e. The molecule has 4 saturated heterocycles. The molecule has 11 heteroatoms. The number of rotatable bonds is 6. The van der Waals surface area contributed by atoms with E-state index in [1.807, 2.05) is 6.20 Å². The van der Waals surface area contributed by atoms with Crippen LogP contribution in [-0.4, -0.2) is 86.1 Å². The number of anilines is 1. The van der Waals surface area contributed by atoms with Gasteiger partial charge in [-0.15, -0.1) is 0 Å². The fourth-order valence-electron chi connectivity index (χ4n) is 8.29. The van der Waals surface area contributed by atoms with Crippen LogP contribution in [0, 0.1) is 5.82 Å². The van der Waals surface area contributed by atoms with Gasteiger partial charge in [0.1, 0.15) is 23.6 Å². The molecule has 4 fully saturated rings. The first kappa shape index (κ1) is 26.9. The molecule has 7 heterocycles. The van der Waals surface area contributed by atoms with Crippen molar-refractivity contribution in [3.05, 3.63) is 47.9 Å². The molecule has 0 saturated carbocycles. The van der Waals surface area contributed by atoms with Crippen LogP contribution in [0.3, 0.4) is 0 Å². The number of aryl methyl sites for hydroxylation is 1. The molecule has 0 unspecified atom stereocenters. The van der Waals surface area contributed by atoms with E-state index < -0.39 is 17.6 Å². The summed E-state index contributed by atoms with van der Waals surface area (Å²) in [5.41, 5.74) is 3.36. The van der Waals surface area contributed by atoms with Crippen molar-refractivity contribution >= 4 is 22.6 Å². The molecular weight excluding hydrogens is 552 g/mol. The average molecular weight is 588 g/mol. The summed E-state index contributed by atoms with van der Waals surface area (Å²) in [7, 11) is 0. The molecular formula is C32H35F2N7O2. The molecule has 8 rings (SSSR count). The van der Waals surface area contributed by atoms with Gasteiger partial charge in [-0.05, 0) is 82.0 Å². The lowest BCUT2D eigenvalue weighted by atomic mass is 9.89. The summed E-state index contributed by atoms with van der Waals surface area (Å²) in [6.45, 7) is 6.68. The van der Waals surface area contributed by atoms with E-state index in [0.717, 1.165) is 75.6 Å². The van der Waals surface area contributed by atoms with E-state index in [9.17, 15) is 9.18 Å². The maximum Gasteiger partial charge on any atom is 0.319 e. The summed E-state index contributed by atoms with van der Waals surface area (Å²) in [6.07, 6.45) is 14.3. The molecule has 0 N–H and O–H groups in total. The van der Waals surface area contributed by atoms with Crippen molar-refractivity contribution in [1.29, 1.82) is 0 Å². The van der Waals surface area contributed by atoms with Crippen LogP contribution in [-0.2, 0) is 17.6 Å². The van der Waals surface area contributed by atoms with Gasteiger partial charge < -0.3 is 14.5 Å². The number of fused-ring (bicyclic) bond motifs is 4. The van der Waals surface area contributed by atoms with Crippen molar-refractivity contribution in [2.24, 2.45) is 0 Å². The Kier molecular flexibility index (Phi) is 6.36. The monoisotopic (exact) mass is 587 g/mol. The second-order valence-corrected chi connectivity index (χ2v) is 12.7. The molecule has 9 nitrogen and oxygen atoms in total. The van der Waals surface area contributed by atoms with Gasteiger partial charge >= 0.3 is 6.01 Å². The third-order valence-corrected chi connectivity index (χ3v) is 10.5. The summed E-state index contributed by atoms with van der Waals surface area (Å²) >= 11 is 0. The van der Waals surface area contributed by atoms with Crippen LogP contribution >= 0.6 is 0 Å². The normalized spacial score (nSPS) is 24.0. The summed E-state index contributed by atoms with van der Waals surface area (Å²) in [4.78, 5) is 37.0. The van der Waals surface area contributed by atoms with E-state index in [0.29, 0.717) is 42.9 Å². The molecule has 0 radical (unpaired) electrons. The zero-order chi connectivity index (χ0) is 29.3. The highest BCUT2D eigenvalue weighted by Gasteiger charge is 2.50. The predicted molar refractivity (Wildman–Crippen MR) is 157 cm³/mol. The van der Waals surface area contributed by atoms with Crippen LogP contribution in [0.2, 0.25) is 0 Å². The second kappa shape index (κ2) is 10.2. The van der Waals surface area contributed by atoms with Crippen molar-refractivity contribution in [2.45, 2.75) is 75.4 Å². The number of amides is 1. The molecule has 0 aromatic carbocycles. The highest BCUT2D eigenvalue weighted by molar-refractivity contribution is 5.94. The smallest absolute Gasteiger partial charge is 0.319 e. The number of hydrogen-bond acceptors (Lipinski definition) is 8. The molecule has 4 aliphatic heterocycles. The molecule has 5 aliphatic rings. The van der Waals surface area contributed by atoms with Gasteiger partial charge in [0, 0.05) is 37.2 Å². The molecule has 1 amide bonds. The number of hydrogen-bond donors (Lipinski definition) is 0. The van der Waals surface area contributed by atoms with Crippen LogP contribution in [0.15, 0.2) is 31.0 Å². The Labute approximate surface area is 249 Å². The van der Waals surface area contributed by atoms with Crippen LogP contribution < -0.4 is 9.64 Å². The molecule has 2 atom stereocenters. The van der Waals surface area contributed by atoms with E-state index in [2.05, 4.69) is 31.3 Å². The molecule has 3 aromatic rings. The van der Waals surface area contributed by atoms with Crippen LogP contribution in [0.1, 0.15) is 56.1 Å². The van der Waals surface area contributed by atoms with Gasteiger partial charge in [0.05, 0.1) is 23.0 Å². The van der Waals surface area contributed by atoms with Gasteiger partial charge in [0.25, 0.3) is 5.91 Å². The van der Waals surface area contributed by atoms with E-state index in [1.165, 1.54) is 0 Å². The maximum atomic E-state index is 16.6. The summed E-state index contributed by atoms with van der Waals surface area (Å²) in [6, 6.07) is -0.0784. The number of pyridine rings is 2. The number of ether oxygens (including phenoxy) is 1. The van der Waals surface area contributed by atoms with Gasteiger partial charge in [-0.1, -0.05) is 6.58 Å². The largest absolute Gasteiger partial charge is 0.461 e. The highest BCUT2D eigenvalue weighted by atomic mass is 19.1. The molecule has 0 spiro atoms. The van der Waals surface area contributed by atoms with Gasteiger partial charge in [-0.25, -0.2) is 8.78 Å². The first-order valence-electron chi connectivity index (χ1n) is 15.6. The third kappa shape index (κ3) is 4.22. The van der Waals surface area contributed by atoms with E-state index in [4.69, 9.17) is 9.72 Å². The first-order valence-corrected chi connectivity index (χ1v) is 15.6. The summed E-state index contributed by atoms with van der Waals surface area (Å²) < 4.78 is 36.6. The number of likely N-dealkylation sites (tertiary alicyclic amines) is 1. The maximum absolute atomic E-state index is 16.6. The Morgan fingerprint density at radius 2 is 1.86 bits per heavy atom. The lowest BCUT2D eigenvalue weighted by Crippen LogP contribution is -2.63. The number of carbonyl (C=O) groups is 1. The lowest BCUT2D eigenvalue weighted by molar-refractivity contribution is -0.130. The molecule has 224 valence electrons. The van der Waals surface area contributed by atoms with Gasteiger partial charge in [-0.3, -0.25) is 19.7 Å². The quantitative estimate of drug-likeness (QED) is 0.393. The van der Waals surface area contributed by atoms with Gasteiger partial charge in [0.15, 0.2) is 11.6 Å². The number of nitrogens with zero attached hydrogens (tertiary/aromatic N) is 7. The minimum absolute atomic E-state index is 0.0157. The number of halogens is 2. The van der Waals surface area contributed by atoms with Crippen LogP contribution in [0.5, 0.6) is 6.01 Å². The zero-order valence-corrected chi connectivity index (χ0v) is 24.2. The van der Waals surface area contributed by atoms with Crippen molar-refractivity contribution in [2.75, 3.05) is 37.7 Å². The summed E-state index contributed by atoms with van der Waals surface area (Å²) in [5, 5.41) is 0.492. The fraction of sp³-hybridized carbons (Fsp3) is 0.531. The fourth-order valence-corrected chi connectivity index (χ4v) is 8.29. The second-order valence-electron chi connectivity index (χ2n) is 12.7. The van der Waals surface area contributed by atoms with E-state index >= 15 is 4.39 Å². The van der Waals surface area contributed by atoms with Crippen LogP contribution in [0.25, 0.3) is 22.2 Å². The Morgan fingerprint density at radius 1 is 1.05 bits per heavy atom. The topological polar surface area (TPSA) is 87.6 Å². The third-order valence-electron chi connectivity index (χ3n) is 10.5. The standard InChI is InChI=1S/C32H35F2N7O2/c1-19(33)30(42)40-13-8-24-25(40)17-41(24)29-23-16-36-27(22-15-35-14-20-6-2-3-7-21(20)22)26(34)28(23)37-31(38-29)43-18-32-9-4-11-39(32)12-5-10-32/h14-16,24-25H,1-13,17-18H2/t24-,25-/m1/s1. The van der Waals surface area contributed by atoms with Crippen molar-refractivity contribution in [1.82, 2.24) is 29.7 Å². The Hall–Kier alpha value is -3.73. The highest BCUT2D eigenvalue weighted by Crippen LogP contribution is 2.42. The van der Waals surface area contributed by atoms with Crippen molar-refractivity contribution < 1.29 is 18.3 Å². The molecule has 3 aromatic heterocycles. The van der Waals surface area contributed by atoms with E-state index in [-0.39, 0.29) is 34.8 Å². The lowest BCUT2D eigenvalue weighted by Gasteiger charge is -2.47. The average Bonchev–Trinajstić information content (AvgIpc) is 3.68. The summed E-state index contributed by atoms with van der Waals surface area (Å²) in [5.74, 6) is -1.60. The number of carbonyl (C=O) groups excluding carboxylic acids is 1. The van der Waals surface area contributed by atoms with Gasteiger partial charge in [-0.2, -0.15) is 9.97 Å². The van der Waals surface area contributed by atoms with Crippen LogP contribution in [0.4, 0.5) is 14.6 Å².